The molecule has 0 bridgehead atoms. The van der Waals surface area contributed by atoms with E-state index in [2.05, 4.69) is 4.90 Å². The fraction of sp³-hybridized carbons (Fsp3) is 0.407. The standard InChI is InChI=1S/C27H34N2O4S2/c1-28(2)20-23-17-24(14-15-27(23,30)22-11-7-12-25(18-22)33-3)29(19-21-9-5-4-6-10-21)35(31,32)26-13-8-16-34-26/h4-13,16,18,23-24,30H,14-15,17,19-20H2,1-3H3. The molecular formula is C27H34N2O4S2. The molecule has 1 aliphatic carbocycles. The third-order valence-electron chi connectivity index (χ3n) is 6.89. The number of ether oxygens (including phenoxy) is 1. The predicted octanol–water partition coefficient (Wildman–Crippen LogP) is 4.57. The summed E-state index contributed by atoms with van der Waals surface area (Å²) in [5.74, 6) is 0.549. The van der Waals surface area contributed by atoms with E-state index in [1.807, 2.05) is 68.7 Å². The monoisotopic (exact) mass is 514 g/mol. The molecule has 1 saturated carbocycles. The third kappa shape index (κ3) is 5.62. The normalized spacial score (nSPS) is 23.0. The summed E-state index contributed by atoms with van der Waals surface area (Å²) in [6, 6.07) is 20.5. The van der Waals surface area contributed by atoms with Crippen LogP contribution in [0, 0.1) is 5.92 Å². The summed E-state index contributed by atoms with van der Waals surface area (Å²) in [5.41, 5.74) is 0.698. The van der Waals surface area contributed by atoms with Gasteiger partial charge in [-0.05, 0) is 68.1 Å². The SMILES string of the molecule is COc1cccc(C2(O)CCC(N(Cc3ccccc3)S(=O)(=O)c3cccs3)CC2CN(C)C)c1. The molecule has 2 aromatic carbocycles. The summed E-state index contributed by atoms with van der Waals surface area (Å²) >= 11 is 1.24. The molecule has 1 heterocycles. The van der Waals surface area contributed by atoms with Gasteiger partial charge >= 0.3 is 0 Å². The Bertz CT molecular complexity index is 1200. The minimum atomic E-state index is -3.68. The fourth-order valence-corrected chi connectivity index (χ4v) is 7.91. The Balaban J connectivity index is 1.70. The van der Waals surface area contributed by atoms with Gasteiger partial charge in [-0.25, -0.2) is 8.42 Å². The van der Waals surface area contributed by atoms with Gasteiger partial charge in [-0.3, -0.25) is 0 Å². The van der Waals surface area contributed by atoms with Crippen LogP contribution in [0.15, 0.2) is 76.3 Å². The Morgan fingerprint density at radius 1 is 1.09 bits per heavy atom. The summed E-state index contributed by atoms with van der Waals surface area (Å²) in [7, 11) is 1.91. The minimum absolute atomic E-state index is 0.153. The number of benzene rings is 2. The van der Waals surface area contributed by atoms with Crippen LogP contribution in [-0.4, -0.2) is 56.5 Å². The molecule has 8 heteroatoms. The van der Waals surface area contributed by atoms with Crippen LogP contribution in [0.4, 0.5) is 0 Å². The average Bonchev–Trinajstić information content (AvgIpc) is 3.41. The van der Waals surface area contributed by atoms with Gasteiger partial charge in [0.25, 0.3) is 10.0 Å². The van der Waals surface area contributed by atoms with E-state index >= 15 is 0 Å². The molecule has 1 N–H and O–H groups in total. The highest BCUT2D eigenvalue weighted by molar-refractivity contribution is 7.91. The van der Waals surface area contributed by atoms with E-state index in [0.717, 1.165) is 11.1 Å². The Kier molecular flexibility index (Phi) is 7.98. The van der Waals surface area contributed by atoms with Gasteiger partial charge in [0.1, 0.15) is 9.96 Å². The molecule has 35 heavy (non-hydrogen) atoms. The van der Waals surface area contributed by atoms with E-state index in [-0.39, 0.29) is 12.0 Å². The molecule has 3 atom stereocenters. The van der Waals surface area contributed by atoms with Crippen LogP contribution >= 0.6 is 11.3 Å². The number of sulfonamides is 1. The van der Waals surface area contributed by atoms with Crippen LogP contribution in [-0.2, 0) is 22.2 Å². The highest BCUT2D eigenvalue weighted by Gasteiger charge is 2.47. The van der Waals surface area contributed by atoms with E-state index in [4.69, 9.17) is 4.74 Å². The van der Waals surface area contributed by atoms with Crippen LogP contribution in [0.25, 0.3) is 0 Å². The highest BCUT2D eigenvalue weighted by atomic mass is 32.2. The van der Waals surface area contributed by atoms with Crippen LogP contribution in [0.1, 0.15) is 30.4 Å². The maximum atomic E-state index is 13.8. The highest BCUT2D eigenvalue weighted by Crippen LogP contribution is 2.45. The Morgan fingerprint density at radius 3 is 2.51 bits per heavy atom. The second-order valence-corrected chi connectivity index (χ2v) is 12.6. The first-order valence-electron chi connectivity index (χ1n) is 11.8. The summed E-state index contributed by atoms with van der Waals surface area (Å²) < 4.78 is 35.0. The molecule has 4 rings (SSSR count). The lowest BCUT2D eigenvalue weighted by molar-refractivity contribution is -0.0762. The number of hydrogen-bond acceptors (Lipinski definition) is 6. The van der Waals surface area contributed by atoms with E-state index in [9.17, 15) is 13.5 Å². The van der Waals surface area contributed by atoms with Crippen molar-refractivity contribution in [2.45, 2.75) is 41.7 Å². The van der Waals surface area contributed by atoms with Crippen molar-refractivity contribution in [1.82, 2.24) is 9.21 Å². The summed E-state index contributed by atoms with van der Waals surface area (Å²) in [5, 5.41) is 13.8. The fourth-order valence-electron chi connectivity index (χ4n) is 5.13. The van der Waals surface area contributed by atoms with Crippen LogP contribution in [0.5, 0.6) is 5.75 Å². The molecule has 3 aromatic rings. The van der Waals surface area contributed by atoms with Crippen LogP contribution in [0.2, 0.25) is 0 Å². The number of rotatable bonds is 9. The van der Waals surface area contributed by atoms with Crippen molar-refractivity contribution in [2.24, 2.45) is 5.92 Å². The smallest absolute Gasteiger partial charge is 0.253 e. The molecule has 1 fully saturated rings. The molecule has 0 aliphatic heterocycles. The zero-order chi connectivity index (χ0) is 25.1. The van der Waals surface area contributed by atoms with Crippen molar-refractivity contribution in [3.63, 3.8) is 0 Å². The first-order chi connectivity index (χ1) is 16.7. The second kappa shape index (κ2) is 10.8. The quantitative estimate of drug-likeness (QED) is 0.453. The lowest BCUT2D eigenvalue weighted by Crippen LogP contribution is -2.51. The van der Waals surface area contributed by atoms with E-state index in [1.54, 1.807) is 28.9 Å². The predicted molar refractivity (Wildman–Crippen MR) is 140 cm³/mol. The van der Waals surface area contributed by atoms with Gasteiger partial charge in [0.05, 0.1) is 12.7 Å². The van der Waals surface area contributed by atoms with Crippen molar-refractivity contribution in [3.8, 4) is 5.75 Å². The second-order valence-electron chi connectivity index (χ2n) is 9.51. The number of hydrogen-bond donors (Lipinski definition) is 1. The maximum absolute atomic E-state index is 13.8. The van der Waals surface area contributed by atoms with Crippen LogP contribution in [0.3, 0.4) is 0 Å². The maximum Gasteiger partial charge on any atom is 0.253 e. The van der Waals surface area contributed by atoms with Gasteiger partial charge in [0.2, 0.25) is 0 Å². The zero-order valence-corrected chi connectivity index (χ0v) is 22.1. The molecule has 0 spiro atoms. The Morgan fingerprint density at radius 2 is 1.86 bits per heavy atom. The molecule has 188 valence electrons. The molecule has 1 aromatic heterocycles. The molecular weight excluding hydrogens is 480 g/mol. The van der Waals surface area contributed by atoms with Crippen molar-refractivity contribution >= 4 is 21.4 Å². The largest absolute Gasteiger partial charge is 0.497 e. The van der Waals surface area contributed by atoms with Gasteiger partial charge in [-0.1, -0.05) is 48.5 Å². The summed E-state index contributed by atoms with van der Waals surface area (Å²) in [6.45, 7) is 0.945. The van der Waals surface area contributed by atoms with Crippen molar-refractivity contribution in [1.29, 1.82) is 0 Å². The lowest BCUT2D eigenvalue weighted by atomic mass is 9.69. The molecule has 0 saturated heterocycles. The van der Waals surface area contributed by atoms with Gasteiger partial charge < -0.3 is 14.7 Å². The first kappa shape index (κ1) is 25.9. The minimum Gasteiger partial charge on any atom is -0.497 e. The van der Waals surface area contributed by atoms with E-state index in [1.165, 1.54) is 11.3 Å². The van der Waals surface area contributed by atoms with Crippen molar-refractivity contribution in [3.05, 3.63) is 83.2 Å². The third-order valence-corrected chi connectivity index (χ3v) is 10.2. The molecule has 0 radical (unpaired) electrons. The van der Waals surface area contributed by atoms with Gasteiger partial charge in [0.15, 0.2) is 0 Å². The Labute approximate surface area is 212 Å². The van der Waals surface area contributed by atoms with Crippen molar-refractivity contribution < 1.29 is 18.3 Å². The molecule has 1 aliphatic rings. The molecule has 6 nitrogen and oxygen atoms in total. The average molecular weight is 515 g/mol. The topological polar surface area (TPSA) is 70.1 Å². The van der Waals surface area contributed by atoms with Gasteiger partial charge in [0, 0.05) is 25.0 Å². The summed E-state index contributed by atoms with van der Waals surface area (Å²) in [4.78, 5) is 2.06. The van der Waals surface area contributed by atoms with Crippen LogP contribution < -0.4 is 4.74 Å². The van der Waals surface area contributed by atoms with E-state index < -0.39 is 15.6 Å². The lowest BCUT2D eigenvalue weighted by Gasteiger charge is -2.47. The van der Waals surface area contributed by atoms with E-state index in [0.29, 0.717) is 42.3 Å². The molecule has 3 unspecified atom stereocenters. The number of nitrogens with zero attached hydrogens (tertiary/aromatic N) is 2. The van der Waals surface area contributed by atoms with Crippen molar-refractivity contribution in [2.75, 3.05) is 27.7 Å². The van der Waals surface area contributed by atoms with Gasteiger partial charge in [-0.2, -0.15) is 4.31 Å². The summed E-state index contributed by atoms with van der Waals surface area (Å²) in [6.07, 6.45) is 1.59. The molecule has 0 amide bonds. The zero-order valence-electron chi connectivity index (χ0n) is 20.5. The Hall–Kier alpha value is -2.23. The first-order valence-corrected chi connectivity index (χ1v) is 14.2. The number of aliphatic hydroxyl groups is 1. The van der Waals surface area contributed by atoms with Gasteiger partial charge in [-0.15, -0.1) is 11.3 Å². The number of methoxy groups -OCH3 is 1. The number of thiophene rings is 1.